The van der Waals surface area contributed by atoms with E-state index in [9.17, 15) is 9.90 Å². The summed E-state index contributed by atoms with van der Waals surface area (Å²) in [6.07, 6.45) is 2.40. The largest absolute Gasteiger partial charge is 1.00 e. The van der Waals surface area contributed by atoms with Crippen LogP contribution in [-0.4, -0.2) is 5.97 Å². The third kappa shape index (κ3) is 4.91. The van der Waals surface area contributed by atoms with Crippen molar-refractivity contribution in [3.05, 3.63) is 40.9 Å². The Morgan fingerprint density at radius 3 is 2.69 bits per heavy atom. The number of aliphatic carboxylic acids is 1. The van der Waals surface area contributed by atoms with Crippen molar-refractivity contribution < 1.29 is 32.3 Å². The van der Waals surface area contributed by atoms with E-state index in [4.69, 9.17) is 11.6 Å². The van der Waals surface area contributed by atoms with Gasteiger partial charge in [-0.3, -0.25) is 0 Å². The van der Waals surface area contributed by atoms with Crippen molar-refractivity contribution in [1.29, 1.82) is 0 Å². The molecule has 1 rings (SSSR count). The zero-order valence-corrected chi connectivity index (χ0v) is 8.70. The summed E-state index contributed by atoms with van der Waals surface area (Å²) in [4.78, 5) is 10.0. The van der Waals surface area contributed by atoms with Gasteiger partial charge in [-0.15, -0.1) is 0 Å². The molecule has 0 heterocycles. The van der Waals surface area contributed by atoms with Crippen molar-refractivity contribution in [2.75, 3.05) is 0 Å². The monoisotopic (exact) mass is 288 g/mol. The molecule has 0 aromatic heterocycles. The Morgan fingerprint density at radius 2 is 2.15 bits per heavy atom. The SMILES string of the molecule is O=C([O-])/C=C/c1cccc(Cl)c1.[Ag+]. The Balaban J connectivity index is 0.00000144. The minimum absolute atomic E-state index is 0. The summed E-state index contributed by atoms with van der Waals surface area (Å²) in [6, 6.07) is 6.89. The summed E-state index contributed by atoms with van der Waals surface area (Å²) >= 11 is 5.66. The van der Waals surface area contributed by atoms with Crippen LogP contribution in [0.3, 0.4) is 0 Å². The summed E-state index contributed by atoms with van der Waals surface area (Å²) in [5.41, 5.74) is 0.742. The first kappa shape index (κ1) is 12.5. The van der Waals surface area contributed by atoms with Gasteiger partial charge in [0.1, 0.15) is 0 Å². The maximum Gasteiger partial charge on any atom is 1.00 e. The Labute approximate surface area is 96.7 Å². The second-order valence-electron chi connectivity index (χ2n) is 2.21. The van der Waals surface area contributed by atoms with E-state index in [-0.39, 0.29) is 22.4 Å². The van der Waals surface area contributed by atoms with Gasteiger partial charge in [-0.2, -0.15) is 0 Å². The molecule has 0 bridgehead atoms. The fourth-order valence-corrected chi connectivity index (χ4v) is 0.973. The number of hydrogen-bond donors (Lipinski definition) is 0. The number of rotatable bonds is 2. The first-order valence-electron chi connectivity index (χ1n) is 3.33. The zero-order valence-electron chi connectivity index (χ0n) is 6.46. The molecule has 0 saturated carbocycles. The third-order valence-electron chi connectivity index (χ3n) is 1.26. The predicted molar refractivity (Wildman–Crippen MR) is 45.5 cm³/mol. The molecule has 0 aliphatic rings. The molecule has 72 valence electrons. The van der Waals surface area contributed by atoms with Crippen LogP contribution in [0.15, 0.2) is 30.3 Å². The Hall–Kier alpha value is -0.540. The van der Waals surface area contributed by atoms with Crippen LogP contribution in [0, 0.1) is 0 Å². The molecule has 0 atom stereocenters. The number of carboxylic acid groups (broad SMARTS) is 1. The fraction of sp³-hybridized carbons (Fsp3) is 0. The first-order valence-corrected chi connectivity index (χ1v) is 3.71. The Morgan fingerprint density at radius 1 is 1.46 bits per heavy atom. The number of carbonyl (C=O) groups is 1. The summed E-state index contributed by atoms with van der Waals surface area (Å²) in [5.74, 6) is -1.21. The molecule has 4 heteroatoms. The van der Waals surface area contributed by atoms with Crippen LogP contribution in [0.5, 0.6) is 0 Å². The van der Waals surface area contributed by atoms with Gasteiger partial charge in [-0.25, -0.2) is 0 Å². The number of carboxylic acids is 1. The van der Waals surface area contributed by atoms with Crippen LogP contribution < -0.4 is 5.11 Å². The molecule has 0 N–H and O–H groups in total. The molecular formula is C9H6AgClO2. The van der Waals surface area contributed by atoms with Crippen LogP contribution in [-0.2, 0) is 27.2 Å². The van der Waals surface area contributed by atoms with Crippen molar-refractivity contribution in [2.45, 2.75) is 0 Å². The van der Waals surface area contributed by atoms with Crippen molar-refractivity contribution in [3.63, 3.8) is 0 Å². The van der Waals surface area contributed by atoms with Crippen molar-refractivity contribution in [2.24, 2.45) is 0 Å². The normalized spacial score (nSPS) is 9.62. The number of halogens is 1. The molecule has 1 aromatic carbocycles. The van der Waals surface area contributed by atoms with Gasteiger partial charge in [-0.05, 0) is 23.8 Å². The van der Waals surface area contributed by atoms with Gasteiger partial charge in [0, 0.05) is 5.02 Å². The molecule has 0 saturated heterocycles. The summed E-state index contributed by atoms with van der Waals surface area (Å²) < 4.78 is 0. The number of hydrogen-bond acceptors (Lipinski definition) is 2. The summed E-state index contributed by atoms with van der Waals surface area (Å²) in [5, 5.41) is 10.6. The van der Waals surface area contributed by atoms with Crippen LogP contribution in [0.2, 0.25) is 5.02 Å². The van der Waals surface area contributed by atoms with Crippen LogP contribution >= 0.6 is 11.6 Å². The van der Waals surface area contributed by atoms with E-state index in [1.807, 2.05) is 0 Å². The molecule has 0 amide bonds. The average molecular weight is 289 g/mol. The van der Waals surface area contributed by atoms with E-state index in [1.165, 1.54) is 6.08 Å². The first-order chi connectivity index (χ1) is 5.68. The van der Waals surface area contributed by atoms with E-state index >= 15 is 0 Å². The van der Waals surface area contributed by atoms with Crippen molar-refractivity contribution in [1.82, 2.24) is 0 Å². The maximum absolute atomic E-state index is 10.0. The number of benzene rings is 1. The minimum atomic E-state index is -1.21. The topological polar surface area (TPSA) is 40.1 Å². The van der Waals surface area contributed by atoms with Gasteiger partial charge < -0.3 is 9.90 Å². The minimum Gasteiger partial charge on any atom is -0.545 e. The molecule has 1 aromatic rings. The van der Waals surface area contributed by atoms with Gasteiger partial charge in [0.15, 0.2) is 0 Å². The van der Waals surface area contributed by atoms with Gasteiger partial charge in [0.25, 0.3) is 0 Å². The van der Waals surface area contributed by atoms with Gasteiger partial charge in [0.05, 0.1) is 5.97 Å². The van der Waals surface area contributed by atoms with E-state index in [0.717, 1.165) is 11.6 Å². The van der Waals surface area contributed by atoms with E-state index in [0.29, 0.717) is 5.02 Å². The molecule has 13 heavy (non-hydrogen) atoms. The molecule has 0 unspecified atom stereocenters. The zero-order chi connectivity index (χ0) is 8.97. The molecule has 0 fully saturated rings. The van der Waals surface area contributed by atoms with E-state index in [1.54, 1.807) is 24.3 Å². The molecule has 0 radical (unpaired) electrons. The molecular weight excluding hydrogens is 283 g/mol. The van der Waals surface area contributed by atoms with Gasteiger partial charge >= 0.3 is 22.4 Å². The molecule has 0 aliphatic heterocycles. The van der Waals surface area contributed by atoms with Crippen LogP contribution in [0.1, 0.15) is 5.56 Å². The Kier molecular flexibility index (Phi) is 5.75. The third-order valence-corrected chi connectivity index (χ3v) is 1.50. The number of carbonyl (C=O) groups excluding carboxylic acids is 1. The second-order valence-corrected chi connectivity index (χ2v) is 2.64. The quantitative estimate of drug-likeness (QED) is 0.604. The standard InChI is InChI=1S/C9H7ClO2.Ag/c10-8-3-1-2-7(6-8)4-5-9(11)12;/h1-6H,(H,11,12);/q;+1/p-1/b5-4+;. The van der Waals surface area contributed by atoms with Crippen LogP contribution in [0.25, 0.3) is 6.08 Å². The smallest absolute Gasteiger partial charge is 0.545 e. The van der Waals surface area contributed by atoms with Crippen molar-refractivity contribution >= 4 is 23.6 Å². The van der Waals surface area contributed by atoms with Gasteiger partial charge in [-0.1, -0.05) is 29.8 Å². The summed E-state index contributed by atoms with van der Waals surface area (Å²) in [6.45, 7) is 0. The van der Waals surface area contributed by atoms with Crippen molar-refractivity contribution in [3.8, 4) is 0 Å². The average Bonchev–Trinajstić information content (AvgIpc) is 2.01. The van der Waals surface area contributed by atoms with Gasteiger partial charge in [0.2, 0.25) is 0 Å². The summed E-state index contributed by atoms with van der Waals surface area (Å²) in [7, 11) is 0. The predicted octanol–water partition coefficient (Wildman–Crippen LogP) is 1.10. The maximum atomic E-state index is 10.0. The van der Waals surface area contributed by atoms with E-state index < -0.39 is 5.97 Å². The second kappa shape index (κ2) is 6.00. The molecule has 2 nitrogen and oxygen atoms in total. The molecule has 0 spiro atoms. The van der Waals surface area contributed by atoms with E-state index in [2.05, 4.69) is 0 Å². The molecule has 0 aliphatic carbocycles. The van der Waals surface area contributed by atoms with Crippen LogP contribution in [0.4, 0.5) is 0 Å². The fourth-order valence-electron chi connectivity index (χ4n) is 0.775. The Bertz CT molecular complexity index is 323.